The Bertz CT molecular complexity index is 264. The van der Waals surface area contributed by atoms with Gasteiger partial charge in [0.2, 0.25) is 5.91 Å². The van der Waals surface area contributed by atoms with Crippen molar-refractivity contribution < 1.29 is 4.79 Å². The van der Waals surface area contributed by atoms with Crippen molar-refractivity contribution in [2.24, 2.45) is 5.92 Å². The standard InChI is InChI=1S/C12H20N2OS/c15-12(11-4-2-6-16-11)14-7-9-3-1-5-13-10(9)8-14/h9-11,13H,1-8H2. The summed E-state index contributed by atoms with van der Waals surface area (Å²) in [6.45, 7) is 3.11. The summed E-state index contributed by atoms with van der Waals surface area (Å²) in [4.78, 5) is 14.4. The van der Waals surface area contributed by atoms with Gasteiger partial charge in [0, 0.05) is 19.1 Å². The number of carbonyl (C=O) groups excluding carboxylic acids is 1. The minimum Gasteiger partial charge on any atom is -0.340 e. The molecular weight excluding hydrogens is 220 g/mol. The summed E-state index contributed by atoms with van der Waals surface area (Å²) in [5.41, 5.74) is 0. The Balaban J connectivity index is 1.61. The van der Waals surface area contributed by atoms with Gasteiger partial charge < -0.3 is 10.2 Å². The van der Waals surface area contributed by atoms with Crippen LogP contribution in [0, 0.1) is 5.92 Å². The van der Waals surface area contributed by atoms with E-state index in [1.807, 2.05) is 11.8 Å². The first-order valence-corrected chi connectivity index (χ1v) is 7.53. The third-order valence-electron chi connectivity index (χ3n) is 4.12. The number of hydrogen-bond acceptors (Lipinski definition) is 3. The van der Waals surface area contributed by atoms with Crippen LogP contribution in [0.4, 0.5) is 0 Å². The highest BCUT2D eigenvalue weighted by atomic mass is 32.2. The predicted molar refractivity (Wildman–Crippen MR) is 66.6 cm³/mol. The van der Waals surface area contributed by atoms with Gasteiger partial charge in [-0.3, -0.25) is 4.79 Å². The minimum absolute atomic E-state index is 0.278. The van der Waals surface area contributed by atoms with E-state index in [1.165, 1.54) is 25.0 Å². The molecule has 0 aliphatic carbocycles. The maximum atomic E-state index is 12.3. The molecule has 0 aromatic heterocycles. The maximum Gasteiger partial charge on any atom is 0.235 e. The quantitative estimate of drug-likeness (QED) is 0.745. The summed E-state index contributed by atoms with van der Waals surface area (Å²) in [5.74, 6) is 2.32. The first kappa shape index (κ1) is 10.9. The highest BCUT2D eigenvalue weighted by Crippen LogP contribution is 2.31. The van der Waals surface area contributed by atoms with E-state index in [9.17, 15) is 4.79 Å². The molecule has 3 aliphatic heterocycles. The third kappa shape index (κ3) is 1.97. The number of carbonyl (C=O) groups is 1. The van der Waals surface area contributed by atoms with Gasteiger partial charge in [-0.1, -0.05) is 0 Å². The molecule has 16 heavy (non-hydrogen) atoms. The zero-order chi connectivity index (χ0) is 11.0. The average Bonchev–Trinajstić information content (AvgIpc) is 2.97. The fraction of sp³-hybridized carbons (Fsp3) is 0.917. The average molecular weight is 240 g/mol. The highest BCUT2D eigenvalue weighted by Gasteiger charge is 2.38. The number of nitrogens with zero attached hydrogens (tertiary/aromatic N) is 1. The van der Waals surface area contributed by atoms with Crippen LogP contribution in [0.15, 0.2) is 0 Å². The van der Waals surface area contributed by atoms with Gasteiger partial charge in [-0.05, 0) is 43.9 Å². The van der Waals surface area contributed by atoms with E-state index in [-0.39, 0.29) is 5.25 Å². The van der Waals surface area contributed by atoms with Crippen LogP contribution in [0.25, 0.3) is 0 Å². The van der Waals surface area contributed by atoms with Crippen LogP contribution in [0.2, 0.25) is 0 Å². The van der Waals surface area contributed by atoms with E-state index < -0.39 is 0 Å². The van der Waals surface area contributed by atoms with Crippen LogP contribution in [0.1, 0.15) is 25.7 Å². The molecule has 0 bridgehead atoms. The summed E-state index contributed by atoms with van der Waals surface area (Å²) >= 11 is 1.86. The van der Waals surface area contributed by atoms with E-state index in [0.717, 1.165) is 32.0 Å². The van der Waals surface area contributed by atoms with Gasteiger partial charge in [-0.15, -0.1) is 11.8 Å². The molecule has 3 nitrogen and oxygen atoms in total. The van der Waals surface area contributed by atoms with Crippen molar-refractivity contribution in [3.05, 3.63) is 0 Å². The molecule has 3 fully saturated rings. The van der Waals surface area contributed by atoms with E-state index in [2.05, 4.69) is 10.2 Å². The lowest BCUT2D eigenvalue weighted by Crippen LogP contribution is -2.41. The summed E-state index contributed by atoms with van der Waals surface area (Å²) in [5, 5.41) is 3.83. The molecule has 3 saturated heterocycles. The Morgan fingerprint density at radius 2 is 2.19 bits per heavy atom. The van der Waals surface area contributed by atoms with Gasteiger partial charge in [0.05, 0.1) is 5.25 Å². The van der Waals surface area contributed by atoms with Gasteiger partial charge in [-0.2, -0.15) is 0 Å². The largest absolute Gasteiger partial charge is 0.340 e. The lowest BCUT2D eigenvalue weighted by molar-refractivity contribution is -0.129. The van der Waals surface area contributed by atoms with Crippen molar-refractivity contribution in [2.45, 2.75) is 37.0 Å². The van der Waals surface area contributed by atoms with Crippen LogP contribution in [0.3, 0.4) is 0 Å². The summed E-state index contributed by atoms with van der Waals surface area (Å²) in [6, 6.07) is 0.587. The van der Waals surface area contributed by atoms with Crippen molar-refractivity contribution in [1.82, 2.24) is 10.2 Å². The van der Waals surface area contributed by atoms with Gasteiger partial charge in [0.15, 0.2) is 0 Å². The van der Waals surface area contributed by atoms with Gasteiger partial charge in [-0.25, -0.2) is 0 Å². The Hall–Kier alpha value is -0.220. The van der Waals surface area contributed by atoms with Gasteiger partial charge in [0.25, 0.3) is 0 Å². The predicted octanol–water partition coefficient (Wildman–Crippen LogP) is 1.09. The number of likely N-dealkylation sites (tertiary alicyclic amines) is 1. The van der Waals surface area contributed by atoms with E-state index in [0.29, 0.717) is 11.9 Å². The molecule has 0 aromatic rings. The SMILES string of the molecule is O=C(C1CCCS1)N1CC2CCCNC2C1. The molecule has 0 radical (unpaired) electrons. The summed E-state index contributed by atoms with van der Waals surface area (Å²) in [6.07, 6.45) is 4.91. The number of amides is 1. The van der Waals surface area contributed by atoms with E-state index in [4.69, 9.17) is 0 Å². The molecule has 3 aliphatic rings. The number of hydrogen-bond donors (Lipinski definition) is 1. The molecule has 0 spiro atoms. The Morgan fingerprint density at radius 3 is 2.94 bits per heavy atom. The first-order valence-electron chi connectivity index (χ1n) is 6.48. The second-order valence-electron chi connectivity index (χ2n) is 5.21. The smallest absolute Gasteiger partial charge is 0.235 e. The lowest BCUT2D eigenvalue weighted by Gasteiger charge is -2.24. The third-order valence-corrected chi connectivity index (χ3v) is 5.48. The molecule has 0 saturated carbocycles. The number of rotatable bonds is 1. The normalized spacial score (nSPS) is 38.8. The molecule has 90 valence electrons. The summed E-state index contributed by atoms with van der Waals surface area (Å²) in [7, 11) is 0. The first-order chi connectivity index (χ1) is 7.84. The number of piperidine rings is 1. The molecule has 3 atom stereocenters. The van der Waals surface area contributed by atoms with Crippen LogP contribution >= 0.6 is 11.8 Å². The monoisotopic (exact) mass is 240 g/mol. The van der Waals surface area contributed by atoms with Crippen molar-refractivity contribution in [2.75, 3.05) is 25.4 Å². The van der Waals surface area contributed by atoms with Crippen LogP contribution in [0.5, 0.6) is 0 Å². The lowest BCUT2D eigenvalue weighted by atomic mass is 9.94. The topological polar surface area (TPSA) is 32.3 Å². The number of nitrogens with one attached hydrogen (secondary N) is 1. The second-order valence-corrected chi connectivity index (χ2v) is 6.52. The van der Waals surface area contributed by atoms with Crippen molar-refractivity contribution in [1.29, 1.82) is 0 Å². The minimum atomic E-state index is 0.278. The molecule has 3 unspecified atom stereocenters. The second kappa shape index (κ2) is 4.57. The molecule has 4 heteroatoms. The van der Waals surface area contributed by atoms with Crippen LogP contribution in [-0.2, 0) is 4.79 Å². The number of fused-ring (bicyclic) bond motifs is 1. The molecule has 1 amide bonds. The van der Waals surface area contributed by atoms with Crippen LogP contribution in [-0.4, -0.2) is 47.5 Å². The molecular formula is C12H20N2OS. The van der Waals surface area contributed by atoms with E-state index in [1.54, 1.807) is 0 Å². The number of thioether (sulfide) groups is 1. The maximum absolute atomic E-state index is 12.3. The molecule has 3 heterocycles. The van der Waals surface area contributed by atoms with Crippen molar-refractivity contribution in [3.63, 3.8) is 0 Å². The molecule has 1 N–H and O–H groups in total. The fourth-order valence-electron chi connectivity index (χ4n) is 3.20. The Kier molecular flexibility index (Phi) is 3.11. The van der Waals surface area contributed by atoms with Crippen LogP contribution < -0.4 is 5.32 Å². The van der Waals surface area contributed by atoms with Crippen molar-refractivity contribution >= 4 is 17.7 Å². The van der Waals surface area contributed by atoms with E-state index >= 15 is 0 Å². The zero-order valence-corrected chi connectivity index (χ0v) is 10.5. The zero-order valence-electron chi connectivity index (χ0n) is 9.65. The van der Waals surface area contributed by atoms with Crippen molar-refractivity contribution in [3.8, 4) is 0 Å². The van der Waals surface area contributed by atoms with Gasteiger partial charge >= 0.3 is 0 Å². The fourth-order valence-corrected chi connectivity index (χ4v) is 4.45. The molecule has 3 rings (SSSR count). The summed E-state index contributed by atoms with van der Waals surface area (Å²) < 4.78 is 0. The van der Waals surface area contributed by atoms with Gasteiger partial charge in [0.1, 0.15) is 0 Å². The highest BCUT2D eigenvalue weighted by molar-refractivity contribution is 8.00. The Labute approximate surface area is 101 Å². The Morgan fingerprint density at radius 1 is 1.25 bits per heavy atom. The molecule has 0 aromatic carbocycles.